The van der Waals surface area contributed by atoms with E-state index in [0.29, 0.717) is 24.5 Å². The molecule has 0 amide bonds. The highest BCUT2D eigenvalue weighted by Crippen LogP contribution is 2.18. The third-order valence-electron chi connectivity index (χ3n) is 2.39. The summed E-state index contributed by atoms with van der Waals surface area (Å²) in [5.41, 5.74) is 0.839. The lowest BCUT2D eigenvalue weighted by Gasteiger charge is -2.16. The van der Waals surface area contributed by atoms with Gasteiger partial charge in [-0.05, 0) is 37.7 Å². The third kappa shape index (κ3) is 5.15. The lowest BCUT2D eigenvalue weighted by atomic mass is 10.2. The van der Waals surface area contributed by atoms with Gasteiger partial charge in [-0.25, -0.2) is 4.39 Å². The zero-order valence-corrected chi connectivity index (χ0v) is 10.4. The van der Waals surface area contributed by atoms with E-state index in [0.717, 1.165) is 5.56 Å². The number of benzene rings is 1. The van der Waals surface area contributed by atoms with Crippen molar-refractivity contribution in [3.63, 3.8) is 0 Å². The van der Waals surface area contributed by atoms with E-state index in [-0.39, 0.29) is 12.2 Å². The minimum atomic E-state index is -0.793. The summed E-state index contributed by atoms with van der Waals surface area (Å²) < 4.78 is 12.8. The molecule has 0 saturated carbocycles. The molecular weight excluding hydrogens is 245 g/mol. The van der Waals surface area contributed by atoms with Crippen LogP contribution < -0.4 is 0 Å². The normalized spacial score (nSPS) is 10.8. The fraction of sp³-hybridized carbons (Fsp3) is 0.417. The lowest BCUT2D eigenvalue weighted by Crippen LogP contribution is -2.20. The van der Waals surface area contributed by atoms with Gasteiger partial charge in [0.15, 0.2) is 0 Å². The summed E-state index contributed by atoms with van der Waals surface area (Å²) in [5.74, 6) is -1.15. The molecular formula is C12H15ClFNO2. The van der Waals surface area contributed by atoms with Gasteiger partial charge >= 0.3 is 5.97 Å². The lowest BCUT2D eigenvalue weighted by molar-refractivity contribution is -0.137. The van der Waals surface area contributed by atoms with Crippen molar-refractivity contribution < 1.29 is 14.3 Å². The van der Waals surface area contributed by atoms with Gasteiger partial charge in [-0.2, -0.15) is 0 Å². The fourth-order valence-electron chi connectivity index (χ4n) is 1.52. The van der Waals surface area contributed by atoms with Gasteiger partial charge in [-0.15, -0.1) is 0 Å². The molecule has 0 atom stereocenters. The Kier molecular flexibility index (Phi) is 5.38. The summed E-state index contributed by atoms with van der Waals surface area (Å²) in [7, 11) is 1.88. The molecule has 0 radical (unpaired) electrons. The zero-order chi connectivity index (χ0) is 12.8. The number of hydrogen-bond donors (Lipinski definition) is 1. The molecule has 94 valence electrons. The highest BCUT2D eigenvalue weighted by Gasteiger charge is 2.06. The van der Waals surface area contributed by atoms with E-state index in [4.69, 9.17) is 16.7 Å². The number of nitrogens with zero attached hydrogens (tertiary/aromatic N) is 1. The second-order valence-corrected chi connectivity index (χ2v) is 4.38. The van der Waals surface area contributed by atoms with Crippen molar-refractivity contribution >= 4 is 17.6 Å². The fourth-order valence-corrected chi connectivity index (χ4v) is 1.75. The predicted octanol–water partition coefficient (Wildman–Crippen LogP) is 2.78. The largest absolute Gasteiger partial charge is 0.481 e. The van der Waals surface area contributed by atoms with Crippen LogP contribution in [0.1, 0.15) is 18.4 Å². The molecule has 1 aromatic carbocycles. The minimum absolute atomic E-state index is 0.154. The second kappa shape index (κ2) is 6.57. The highest BCUT2D eigenvalue weighted by molar-refractivity contribution is 6.31. The molecule has 0 fully saturated rings. The van der Waals surface area contributed by atoms with Crippen LogP contribution in [0.25, 0.3) is 0 Å². The first-order valence-corrected chi connectivity index (χ1v) is 5.71. The van der Waals surface area contributed by atoms with E-state index in [2.05, 4.69) is 0 Å². The molecule has 0 unspecified atom stereocenters. The summed E-state index contributed by atoms with van der Waals surface area (Å²) in [6.07, 6.45) is 0.742. The number of aliphatic carboxylic acids is 1. The van der Waals surface area contributed by atoms with Crippen molar-refractivity contribution in [2.24, 2.45) is 0 Å². The maximum Gasteiger partial charge on any atom is 0.303 e. The SMILES string of the molecule is CN(CCCC(=O)O)Cc1ccc(F)cc1Cl. The molecule has 0 heterocycles. The third-order valence-corrected chi connectivity index (χ3v) is 2.74. The Labute approximate surface area is 105 Å². The van der Waals surface area contributed by atoms with E-state index in [1.807, 2.05) is 11.9 Å². The molecule has 0 aliphatic rings. The number of carboxylic acid groups (broad SMARTS) is 1. The van der Waals surface area contributed by atoms with Crippen molar-refractivity contribution in [2.45, 2.75) is 19.4 Å². The van der Waals surface area contributed by atoms with Crippen LogP contribution >= 0.6 is 11.6 Å². The first-order chi connectivity index (χ1) is 7.99. The molecule has 1 rings (SSSR count). The number of hydrogen-bond acceptors (Lipinski definition) is 2. The van der Waals surface area contributed by atoms with Crippen molar-refractivity contribution in [1.82, 2.24) is 4.90 Å². The van der Waals surface area contributed by atoms with Crippen LogP contribution in [-0.4, -0.2) is 29.6 Å². The van der Waals surface area contributed by atoms with Gasteiger partial charge < -0.3 is 10.0 Å². The zero-order valence-electron chi connectivity index (χ0n) is 9.62. The predicted molar refractivity (Wildman–Crippen MR) is 64.6 cm³/mol. The van der Waals surface area contributed by atoms with Crippen LogP contribution in [-0.2, 0) is 11.3 Å². The van der Waals surface area contributed by atoms with E-state index in [9.17, 15) is 9.18 Å². The quantitative estimate of drug-likeness (QED) is 0.854. The highest BCUT2D eigenvalue weighted by atomic mass is 35.5. The molecule has 0 saturated heterocycles. The maximum absolute atomic E-state index is 12.8. The summed E-state index contributed by atoms with van der Waals surface area (Å²) in [5, 5.41) is 8.91. The van der Waals surface area contributed by atoms with E-state index in [1.165, 1.54) is 12.1 Å². The van der Waals surface area contributed by atoms with Crippen LogP contribution in [0.5, 0.6) is 0 Å². The number of rotatable bonds is 6. The van der Waals surface area contributed by atoms with E-state index >= 15 is 0 Å². The Morgan fingerprint density at radius 2 is 2.24 bits per heavy atom. The van der Waals surface area contributed by atoms with Gasteiger partial charge in [0, 0.05) is 18.0 Å². The molecule has 5 heteroatoms. The molecule has 1 aromatic rings. The Balaban J connectivity index is 2.44. The summed E-state index contributed by atoms with van der Waals surface area (Å²) in [4.78, 5) is 12.3. The molecule has 0 spiro atoms. The number of carboxylic acids is 1. The molecule has 1 N–H and O–H groups in total. The van der Waals surface area contributed by atoms with Gasteiger partial charge in [0.2, 0.25) is 0 Å². The van der Waals surface area contributed by atoms with E-state index in [1.54, 1.807) is 6.07 Å². The standard InChI is InChI=1S/C12H15ClFNO2/c1-15(6-2-3-12(16)17)8-9-4-5-10(14)7-11(9)13/h4-5,7H,2-3,6,8H2,1H3,(H,16,17). The minimum Gasteiger partial charge on any atom is -0.481 e. The Bertz CT molecular complexity index is 398. The molecule has 0 aliphatic carbocycles. The summed E-state index contributed by atoms with van der Waals surface area (Å²) in [6.45, 7) is 1.25. The first kappa shape index (κ1) is 13.9. The monoisotopic (exact) mass is 259 g/mol. The maximum atomic E-state index is 12.8. The second-order valence-electron chi connectivity index (χ2n) is 3.97. The Morgan fingerprint density at radius 1 is 1.53 bits per heavy atom. The van der Waals surface area contributed by atoms with Crippen molar-refractivity contribution in [3.05, 3.63) is 34.6 Å². The molecule has 0 aliphatic heterocycles. The summed E-state index contributed by atoms with van der Waals surface area (Å²) in [6, 6.07) is 4.29. The van der Waals surface area contributed by atoms with Gasteiger partial charge in [-0.1, -0.05) is 17.7 Å². The average Bonchev–Trinajstić information content (AvgIpc) is 2.21. The van der Waals surface area contributed by atoms with Crippen LogP contribution in [0.4, 0.5) is 4.39 Å². The van der Waals surface area contributed by atoms with Gasteiger partial charge in [-0.3, -0.25) is 4.79 Å². The molecule has 0 bridgehead atoms. The van der Waals surface area contributed by atoms with E-state index < -0.39 is 5.97 Å². The van der Waals surface area contributed by atoms with Gasteiger partial charge in [0.1, 0.15) is 5.82 Å². The van der Waals surface area contributed by atoms with Crippen LogP contribution in [0.3, 0.4) is 0 Å². The van der Waals surface area contributed by atoms with Crippen molar-refractivity contribution in [2.75, 3.05) is 13.6 Å². The number of carbonyl (C=O) groups is 1. The Hall–Kier alpha value is -1.13. The summed E-state index contributed by atoms with van der Waals surface area (Å²) >= 11 is 5.90. The van der Waals surface area contributed by atoms with Crippen LogP contribution in [0.2, 0.25) is 5.02 Å². The van der Waals surface area contributed by atoms with Crippen LogP contribution in [0.15, 0.2) is 18.2 Å². The topological polar surface area (TPSA) is 40.5 Å². The van der Waals surface area contributed by atoms with Crippen molar-refractivity contribution in [3.8, 4) is 0 Å². The van der Waals surface area contributed by atoms with Crippen molar-refractivity contribution in [1.29, 1.82) is 0 Å². The first-order valence-electron chi connectivity index (χ1n) is 5.33. The smallest absolute Gasteiger partial charge is 0.303 e. The average molecular weight is 260 g/mol. The number of halogens is 2. The Morgan fingerprint density at radius 3 is 2.82 bits per heavy atom. The molecule has 3 nitrogen and oxygen atoms in total. The molecule has 0 aromatic heterocycles. The van der Waals surface area contributed by atoms with Crippen LogP contribution in [0, 0.1) is 5.82 Å². The molecule has 17 heavy (non-hydrogen) atoms. The van der Waals surface area contributed by atoms with Gasteiger partial charge in [0.25, 0.3) is 0 Å². The van der Waals surface area contributed by atoms with Gasteiger partial charge in [0.05, 0.1) is 0 Å².